The predicted molar refractivity (Wildman–Crippen MR) is 85.7 cm³/mol. The van der Waals surface area contributed by atoms with E-state index in [1.54, 1.807) is 0 Å². The highest BCUT2D eigenvalue weighted by atomic mass is 16.5. The van der Waals surface area contributed by atoms with Crippen LogP contribution in [0, 0.1) is 0 Å². The molecule has 1 aromatic rings. The van der Waals surface area contributed by atoms with E-state index in [0.29, 0.717) is 13.2 Å². The van der Waals surface area contributed by atoms with Crippen LogP contribution in [-0.2, 0) is 16.1 Å². The molecule has 22 heavy (non-hydrogen) atoms. The number of carbonyl (C=O) groups excluding carboxylic acids is 1. The van der Waals surface area contributed by atoms with E-state index in [1.807, 2.05) is 6.20 Å². The molecule has 3 rings (SSSR count). The number of hydrogen-bond donors (Lipinski definition) is 1. The van der Waals surface area contributed by atoms with Gasteiger partial charge in [-0.3, -0.25) is 4.79 Å². The van der Waals surface area contributed by atoms with E-state index in [1.165, 1.54) is 25.7 Å². The van der Waals surface area contributed by atoms with E-state index in [0.717, 1.165) is 37.3 Å². The van der Waals surface area contributed by atoms with Crippen molar-refractivity contribution in [3.8, 4) is 0 Å². The van der Waals surface area contributed by atoms with Gasteiger partial charge in [-0.1, -0.05) is 18.9 Å². The first-order valence-electron chi connectivity index (χ1n) is 8.42. The Bertz CT molecular complexity index is 475. The summed E-state index contributed by atoms with van der Waals surface area (Å²) in [5, 5.41) is 2.93. The Morgan fingerprint density at radius 2 is 2.05 bits per heavy atom. The molecule has 0 saturated carbocycles. The van der Waals surface area contributed by atoms with Crippen LogP contribution in [-0.4, -0.2) is 36.7 Å². The number of nitrogens with zero attached hydrogens (tertiary/aromatic N) is 2. The van der Waals surface area contributed by atoms with Crippen LogP contribution in [0.4, 0.5) is 5.82 Å². The molecule has 0 radical (unpaired) electrons. The van der Waals surface area contributed by atoms with Gasteiger partial charge in [0.25, 0.3) is 0 Å². The second kappa shape index (κ2) is 7.58. The van der Waals surface area contributed by atoms with Gasteiger partial charge in [0, 0.05) is 32.4 Å². The zero-order valence-corrected chi connectivity index (χ0v) is 13.1. The first-order valence-corrected chi connectivity index (χ1v) is 8.42. The Hall–Kier alpha value is -1.62. The molecule has 3 heterocycles. The maximum atomic E-state index is 11.9. The van der Waals surface area contributed by atoms with Crippen molar-refractivity contribution in [2.24, 2.45) is 0 Å². The molecule has 1 atom stereocenters. The molecular weight excluding hydrogens is 278 g/mol. The van der Waals surface area contributed by atoms with Crippen LogP contribution in [0.15, 0.2) is 18.3 Å². The quantitative estimate of drug-likeness (QED) is 0.927. The van der Waals surface area contributed by atoms with Crippen LogP contribution in [0.5, 0.6) is 0 Å². The number of hydrogen-bond acceptors (Lipinski definition) is 4. The monoisotopic (exact) mass is 303 g/mol. The molecule has 1 unspecified atom stereocenters. The minimum Gasteiger partial charge on any atom is -0.368 e. The normalized spacial score (nSPS) is 22.4. The molecule has 0 bridgehead atoms. The maximum absolute atomic E-state index is 11.9. The van der Waals surface area contributed by atoms with Crippen LogP contribution in [0.3, 0.4) is 0 Å². The summed E-state index contributed by atoms with van der Waals surface area (Å²) >= 11 is 0. The average Bonchev–Trinajstić information content (AvgIpc) is 2.96. The minimum absolute atomic E-state index is 0.00547. The fraction of sp³-hybridized carbons (Fsp3) is 0.647. The van der Waals surface area contributed by atoms with Gasteiger partial charge in [0.2, 0.25) is 5.91 Å². The van der Waals surface area contributed by atoms with E-state index < -0.39 is 0 Å². The molecule has 120 valence electrons. The summed E-state index contributed by atoms with van der Waals surface area (Å²) in [6.07, 6.45) is 8.57. The van der Waals surface area contributed by atoms with Crippen molar-refractivity contribution in [3.05, 3.63) is 23.9 Å². The van der Waals surface area contributed by atoms with E-state index in [-0.39, 0.29) is 12.0 Å². The zero-order chi connectivity index (χ0) is 15.2. The van der Waals surface area contributed by atoms with Gasteiger partial charge in [0.15, 0.2) is 0 Å². The van der Waals surface area contributed by atoms with Gasteiger partial charge >= 0.3 is 0 Å². The average molecular weight is 303 g/mol. The summed E-state index contributed by atoms with van der Waals surface area (Å²) in [5.41, 5.74) is 1.03. The summed E-state index contributed by atoms with van der Waals surface area (Å²) in [5.74, 6) is 1.05. The standard InChI is InChI=1S/C17H25N3O2/c21-17(15-6-5-11-22-15)19-13-14-7-8-16(18-12-14)20-9-3-1-2-4-10-20/h7-8,12,15H,1-6,9-11,13H2,(H,19,21). The molecule has 5 heteroatoms. The number of anilines is 1. The highest BCUT2D eigenvalue weighted by Crippen LogP contribution is 2.17. The molecule has 2 fully saturated rings. The SMILES string of the molecule is O=C(NCc1ccc(N2CCCCCC2)nc1)C1CCCO1. The van der Waals surface area contributed by atoms with Gasteiger partial charge in [-0.2, -0.15) is 0 Å². The number of ether oxygens (including phenoxy) is 1. The third-order valence-corrected chi connectivity index (χ3v) is 4.43. The number of rotatable bonds is 4. The molecule has 0 aliphatic carbocycles. The Labute approximate surface area is 132 Å². The molecule has 5 nitrogen and oxygen atoms in total. The number of nitrogens with one attached hydrogen (secondary N) is 1. The lowest BCUT2D eigenvalue weighted by molar-refractivity contribution is -0.130. The number of aromatic nitrogens is 1. The fourth-order valence-corrected chi connectivity index (χ4v) is 3.10. The molecular formula is C17H25N3O2. The lowest BCUT2D eigenvalue weighted by Gasteiger charge is -2.21. The molecule has 1 amide bonds. The molecule has 2 aliphatic rings. The number of amides is 1. The van der Waals surface area contributed by atoms with E-state index >= 15 is 0 Å². The van der Waals surface area contributed by atoms with Crippen LogP contribution in [0.25, 0.3) is 0 Å². The Balaban J connectivity index is 1.51. The fourth-order valence-electron chi connectivity index (χ4n) is 3.10. The summed E-state index contributed by atoms with van der Waals surface area (Å²) in [6.45, 7) is 3.42. The van der Waals surface area contributed by atoms with Gasteiger partial charge in [0.05, 0.1) is 0 Å². The van der Waals surface area contributed by atoms with Crippen molar-refractivity contribution in [2.45, 2.75) is 51.2 Å². The first-order chi connectivity index (χ1) is 10.8. The van der Waals surface area contributed by atoms with Crippen LogP contribution < -0.4 is 10.2 Å². The van der Waals surface area contributed by atoms with Crippen molar-refractivity contribution >= 4 is 11.7 Å². The third-order valence-electron chi connectivity index (χ3n) is 4.43. The van der Waals surface area contributed by atoms with E-state index in [4.69, 9.17) is 4.74 Å². The van der Waals surface area contributed by atoms with Gasteiger partial charge < -0.3 is 15.0 Å². The lowest BCUT2D eigenvalue weighted by Crippen LogP contribution is -2.33. The van der Waals surface area contributed by atoms with E-state index in [2.05, 4.69) is 27.3 Å². The first kappa shape index (κ1) is 15.3. The third kappa shape index (κ3) is 3.97. The van der Waals surface area contributed by atoms with Crippen LogP contribution >= 0.6 is 0 Å². The number of pyridine rings is 1. The second-order valence-corrected chi connectivity index (χ2v) is 6.15. The summed E-state index contributed by atoms with van der Waals surface area (Å²) < 4.78 is 5.38. The van der Waals surface area contributed by atoms with Crippen molar-refractivity contribution < 1.29 is 9.53 Å². The highest BCUT2D eigenvalue weighted by Gasteiger charge is 2.23. The Kier molecular flexibility index (Phi) is 5.27. The summed E-state index contributed by atoms with van der Waals surface area (Å²) in [7, 11) is 0. The summed E-state index contributed by atoms with van der Waals surface area (Å²) in [6, 6.07) is 4.13. The summed E-state index contributed by atoms with van der Waals surface area (Å²) in [4.78, 5) is 18.8. The van der Waals surface area contributed by atoms with Gasteiger partial charge in [0.1, 0.15) is 11.9 Å². The Morgan fingerprint density at radius 3 is 2.68 bits per heavy atom. The van der Waals surface area contributed by atoms with E-state index in [9.17, 15) is 4.79 Å². The minimum atomic E-state index is -0.260. The lowest BCUT2D eigenvalue weighted by atomic mass is 10.2. The van der Waals surface area contributed by atoms with Crippen LogP contribution in [0.1, 0.15) is 44.1 Å². The topological polar surface area (TPSA) is 54.5 Å². The smallest absolute Gasteiger partial charge is 0.249 e. The second-order valence-electron chi connectivity index (χ2n) is 6.15. The molecule has 2 saturated heterocycles. The van der Waals surface area contributed by atoms with Crippen molar-refractivity contribution in [3.63, 3.8) is 0 Å². The zero-order valence-electron chi connectivity index (χ0n) is 13.1. The van der Waals surface area contributed by atoms with Gasteiger partial charge in [-0.25, -0.2) is 4.98 Å². The highest BCUT2D eigenvalue weighted by molar-refractivity contribution is 5.80. The maximum Gasteiger partial charge on any atom is 0.249 e. The molecule has 0 spiro atoms. The van der Waals surface area contributed by atoms with Gasteiger partial charge in [-0.05, 0) is 37.3 Å². The largest absolute Gasteiger partial charge is 0.368 e. The molecule has 1 aromatic heterocycles. The van der Waals surface area contributed by atoms with Gasteiger partial charge in [-0.15, -0.1) is 0 Å². The van der Waals surface area contributed by atoms with Crippen LogP contribution in [0.2, 0.25) is 0 Å². The van der Waals surface area contributed by atoms with Crippen molar-refractivity contribution in [1.29, 1.82) is 0 Å². The van der Waals surface area contributed by atoms with Crippen molar-refractivity contribution in [2.75, 3.05) is 24.6 Å². The molecule has 1 N–H and O–H groups in total. The predicted octanol–water partition coefficient (Wildman–Crippen LogP) is 2.26. The van der Waals surface area contributed by atoms with Crippen molar-refractivity contribution in [1.82, 2.24) is 10.3 Å². The number of carbonyl (C=O) groups is 1. The molecule has 2 aliphatic heterocycles. The molecule has 0 aromatic carbocycles. The Morgan fingerprint density at radius 1 is 1.23 bits per heavy atom.